The molecule has 0 spiro atoms. The van der Waals surface area contributed by atoms with Gasteiger partial charge in [0, 0.05) is 24.9 Å². The summed E-state index contributed by atoms with van der Waals surface area (Å²) in [4.78, 5) is 15.1. The van der Waals surface area contributed by atoms with E-state index in [0.717, 1.165) is 31.5 Å². The number of likely N-dealkylation sites (tertiary alicyclic amines) is 1. The molecule has 23 heavy (non-hydrogen) atoms. The predicted molar refractivity (Wildman–Crippen MR) is 95.4 cm³/mol. The zero-order chi connectivity index (χ0) is 16.2. The minimum Gasteiger partial charge on any atom is -0.313 e. The number of piperidine rings is 1. The predicted octanol–water partition coefficient (Wildman–Crippen LogP) is 3.57. The van der Waals surface area contributed by atoms with Crippen LogP contribution in [0.5, 0.6) is 0 Å². The van der Waals surface area contributed by atoms with Crippen LogP contribution in [0.2, 0.25) is 10.0 Å². The van der Waals surface area contributed by atoms with Gasteiger partial charge in [0.05, 0.1) is 10.0 Å². The molecule has 2 aliphatic rings. The van der Waals surface area contributed by atoms with E-state index in [1.54, 1.807) is 6.07 Å². The molecule has 126 valence electrons. The second-order valence-corrected chi connectivity index (χ2v) is 7.59. The summed E-state index contributed by atoms with van der Waals surface area (Å²) in [5.74, 6) is 0.495. The number of carbonyl (C=O) groups is 1. The number of carbonyl (C=O) groups excluding carboxylic acids is 1. The first kappa shape index (κ1) is 17.2. The van der Waals surface area contributed by atoms with Crippen LogP contribution in [-0.4, -0.2) is 42.9 Å². The normalized spacial score (nSPS) is 25.7. The van der Waals surface area contributed by atoms with Crippen molar-refractivity contribution in [2.24, 2.45) is 5.92 Å². The molecule has 1 aromatic carbocycles. The van der Waals surface area contributed by atoms with Crippen LogP contribution >= 0.6 is 23.2 Å². The number of benzene rings is 1. The van der Waals surface area contributed by atoms with E-state index in [4.69, 9.17) is 23.2 Å². The van der Waals surface area contributed by atoms with Crippen molar-refractivity contribution in [3.63, 3.8) is 0 Å². The third-order valence-electron chi connectivity index (χ3n) is 4.99. The summed E-state index contributed by atoms with van der Waals surface area (Å²) in [6, 6.07) is 5.93. The summed E-state index contributed by atoms with van der Waals surface area (Å²) in [6.45, 7) is 4.44. The molecule has 2 heterocycles. The summed E-state index contributed by atoms with van der Waals surface area (Å²) in [5.41, 5.74) is 0.957. The fourth-order valence-electron chi connectivity index (χ4n) is 3.71. The first-order valence-corrected chi connectivity index (χ1v) is 9.30. The molecule has 2 fully saturated rings. The molecule has 0 amide bonds. The van der Waals surface area contributed by atoms with Crippen molar-refractivity contribution in [2.75, 3.05) is 26.2 Å². The highest BCUT2D eigenvalue weighted by Crippen LogP contribution is 2.25. The third-order valence-corrected chi connectivity index (χ3v) is 5.73. The van der Waals surface area contributed by atoms with Crippen LogP contribution in [0.25, 0.3) is 0 Å². The lowest BCUT2D eigenvalue weighted by atomic mass is 9.86. The van der Waals surface area contributed by atoms with Gasteiger partial charge < -0.3 is 10.2 Å². The van der Waals surface area contributed by atoms with Gasteiger partial charge in [0.15, 0.2) is 0 Å². The van der Waals surface area contributed by atoms with E-state index in [0.29, 0.717) is 28.3 Å². The second kappa shape index (κ2) is 7.98. The molecule has 0 radical (unpaired) electrons. The van der Waals surface area contributed by atoms with Gasteiger partial charge >= 0.3 is 0 Å². The van der Waals surface area contributed by atoms with Gasteiger partial charge in [0.25, 0.3) is 0 Å². The lowest BCUT2D eigenvalue weighted by Gasteiger charge is -2.32. The van der Waals surface area contributed by atoms with Crippen LogP contribution in [0.4, 0.5) is 0 Å². The lowest BCUT2D eigenvalue weighted by Crippen LogP contribution is -2.46. The Morgan fingerprint density at radius 1 is 1.22 bits per heavy atom. The van der Waals surface area contributed by atoms with Gasteiger partial charge in [0.1, 0.15) is 5.78 Å². The Balaban J connectivity index is 1.54. The fourth-order valence-corrected chi connectivity index (χ4v) is 4.03. The molecule has 0 bridgehead atoms. The van der Waals surface area contributed by atoms with Gasteiger partial charge in [-0.05, 0) is 63.0 Å². The molecule has 0 aliphatic carbocycles. The summed E-state index contributed by atoms with van der Waals surface area (Å²) < 4.78 is 0. The van der Waals surface area contributed by atoms with Crippen molar-refractivity contribution < 1.29 is 4.79 Å². The van der Waals surface area contributed by atoms with E-state index in [9.17, 15) is 4.79 Å². The van der Waals surface area contributed by atoms with Crippen molar-refractivity contribution >= 4 is 29.0 Å². The highest BCUT2D eigenvalue weighted by molar-refractivity contribution is 6.42. The summed E-state index contributed by atoms with van der Waals surface area (Å²) >= 11 is 12.0. The topological polar surface area (TPSA) is 32.3 Å². The van der Waals surface area contributed by atoms with E-state index < -0.39 is 0 Å². The summed E-state index contributed by atoms with van der Waals surface area (Å²) in [5, 5.41) is 4.64. The fraction of sp³-hybridized carbons (Fsp3) is 0.611. The smallest absolute Gasteiger partial charge is 0.140 e. The summed E-state index contributed by atoms with van der Waals surface area (Å²) in [7, 11) is 0. The Bertz CT molecular complexity index is 558. The molecule has 2 saturated heterocycles. The van der Waals surface area contributed by atoms with E-state index in [1.807, 2.05) is 12.1 Å². The molecule has 2 atom stereocenters. The first-order valence-electron chi connectivity index (χ1n) is 8.54. The molecule has 3 nitrogen and oxygen atoms in total. The Hall–Kier alpha value is -0.610. The van der Waals surface area contributed by atoms with Gasteiger partial charge in [-0.15, -0.1) is 0 Å². The number of rotatable bonds is 5. The average molecular weight is 355 g/mol. The first-order chi connectivity index (χ1) is 11.1. The molecule has 1 aromatic rings. The van der Waals surface area contributed by atoms with Crippen LogP contribution in [0.3, 0.4) is 0 Å². The van der Waals surface area contributed by atoms with Crippen molar-refractivity contribution in [1.29, 1.82) is 0 Å². The Morgan fingerprint density at radius 3 is 2.74 bits per heavy atom. The zero-order valence-electron chi connectivity index (χ0n) is 13.4. The standard InChI is InChI=1S/C18H24Cl2N2O/c19-16-4-3-13(9-17(16)20)10-18(23)14-5-6-21-15(11-14)12-22-7-1-2-8-22/h3-4,9,14-15,21H,1-2,5-8,10-12H2. The van der Waals surface area contributed by atoms with Crippen LogP contribution in [0.15, 0.2) is 18.2 Å². The molecule has 5 heteroatoms. The molecule has 0 aromatic heterocycles. The Morgan fingerprint density at radius 2 is 2.00 bits per heavy atom. The van der Waals surface area contributed by atoms with Crippen LogP contribution in [0, 0.1) is 5.92 Å². The van der Waals surface area contributed by atoms with E-state index in [1.165, 1.54) is 25.9 Å². The SMILES string of the molecule is O=C(Cc1ccc(Cl)c(Cl)c1)C1CCNC(CN2CCCC2)C1. The highest BCUT2D eigenvalue weighted by atomic mass is 35.5. The van der Waals surface area contributed by atoms with Crippen molar-refractivity contribution in [1.82, 2.24) is 10.2 Å². The molecule has 2 unspecified atom stereocenters. The molecular weight excluding hydrogens is 331 g/mol. The van der Waals surface area contributed by atoms with Crippen molar-refractivity contribution in [3.8, 4) is 0 Å². The minimum absolute atomic E-state index is 0.165. The monoisotopic (exact) mass is 354 g/mol. The second-order valence-electron chi connectivity index (χ2n) is 6.77. The third kappa shape index (κ3) is 4.69. The van der Waals surface area contributed by atoms with E-state index in [2.05, 4.69) is 10.2 Å². The average Bonchev–Trinajstić information content (AvgIpc) is 3.04. The number of hydrogen-bond donors (Lipinski definition) is 1. The van der Waals surface area contributed by atoms with Crippen LogP contribution in [-0.2, 0) is 11.2 Å². The lowest BCUT2D eigenvalue weighted by molar-refractivity contribution is -0.123. The molecular formula is C18H24Cl2N2O. The maximum absolute atomic E-state index is 12.6. The largest absolute Gasteiger partial charge is 0.313 e. The van der Waals surface area contributed by atoms with Crippen molar-refractivity contribution in [2.45, 2.75) is 38.1 Å². The number of halogens is 2. The highest BCUT2D eigenvalue weighted by Gasteiger charge is 2.28. The van der Waals surface area contributed by atoms with Gasteiger partial charge in [0.2, 0.25) is 0 Å². The molecule has 3 rings (SSSR count). The van der Waals surface area contributed by atoms with E-state index in [-0.39, 0.29) is 5.92 Å². The number of nitrogens with zero attached hydrogens (tertiary/aromatic N) is 1. The van der Waals surface area contributed by atoms with Crippen LogP contribution < -0.4 is 5.32 Å². The number of ketones is 1. The summed E-state index contributed by atoms with van der Waals surface area (Å²) in [6.07, 6.45) is 4.98. The Labute approximate surface area is 148 Å². The number of Topliss-reactive ketones (excluding diaryl/α,β-unsaturated/α-hetero) is 1. The van der Waals surface area contributed by atoms with Gasteiger partial charge in [-0.2, -0.15) is 0 Å². The zero-order valence-corrected chi connectivity index (χ0v) is 14.9. The van der Waals surface area contributed by atoms with Gasteiger partial charge in [-0.1, -0.05) is 29.3 Å². The van der Waals surface area contributed by atoms with Gasteiger partial charge in [-0.3, -0.25) is 4.79 Å². The van der Waals surface area contributed by atoms with Crippen LogP contribution in [0.1, 0.15) is 31.2 Å². The number of hydrogen-bond acceptors (Lipinski definition) is 3. The molecule has 0 saturated carbocycles. The Kier molecular flexibility index (Phi) is 5.97. The number of nitrogens with one attached hydrogen (secondary N) is 1. The van der Waals surface area contributed by atoms with E-state index >= 15 is 0 Å². The molecule has 1 N–H and O–H groups in total. The molecule has 2 aliphatic heterocycles. The minimum atomic E-state index is 0.165. The maximum Gasteiger partial charge on any atom is 0.140 e. The van der Waals surface area contributed by atoms with Crippen molar-refractivity contribution in [3.05, 3.63) is 33.8 Å². The maximum atomic E-state index is 12.6. The quantitative estimate of drug-likeness (QED) is 0.877. The van der Waals surface area contributed by atoms with Gasteiger partial charge in [-0.25, -0.2) is 0 Å².